The number of pyridine rings is 1. The van der Waals surface area contributed by atoms with E-state index in [0.29, 0.717) is 5.75 Å². The van der Waals surface area contributed by atoms with E-state index in [1.807, 2.05) is 68.7 Å². The molecule has 1 N–H and O–H groups in total. The van der Waals surface area contributed by atoms with Crippen LogP contribution in [0.15, 0.2) is 60.9 Å². The van der Waals surface area contributed by atoms with Crippen LogP contribution in [-0.4, -0.2) is 52.8 Å². The van der Waals surface area contributed by atoms with Crippen molar-refractivity contribution in [1.82, 2.24) is 4.98 Å². The molecule has 204 valence electrons. The van der Waals surface area contributed by atoms with Gasteiger partial charge in [0.1, 0.15) is 11.8 Å². The molecule has 2 aliphatic rings. The average molecular weight is 529 g/mol. The summed E-state index contributed by atoms with van der Waals surface area (Å²) in [7, 11) is 2.11. The molecular weight excluding hydrogens is 490 g/mol. The molecule has 5 rings (SSSR count). The van der Waals surface area contributed by atoms with E-state index in [0.717, 1.165) is 65.9 Å². The molecule has 1 aromatic heterocycles. The third kappa shape index (κ3) is 4.80. The zero-order chi connectivity index (χ0) is 27.9. The normalized spacial score (nSPS) is 20.2. The molecule has 2 unspecified atom stereocenters. The van der Waals surface area contributed by atoms with Crippen molar-refractivity contribution in [3.05, 3.63) is 88.7 Å². The Labute approximate surface area is 230 Å². The smallest absolute Gasteiger partial charge is 0.449 e. The van der Waals surface area contributed by atoms with Gasteiger partial charge in [-0.3, -0.25) is 4.98 Å². The van der Waals surface area contributed by atoms with Crippen LogP contribution in [0.1, 0.15) is 71.8 Å². The predicted molar refractivity (Wildman–Crippen MR) is 151 cm³/mol. The van der Waals surface area contributed by atoms with Crippen LogP contribution < -0.4 is 9.64 Å². The monoisotopic (exact) mass is 528 g/mol. The Morgan fingerprint density at radius 1 is 1.03 bits per heavy atom. The number of ether oxygens (including phenoxy) is 1. The van der Waals surface area contributed by atoms with Crippen molar-refractivity contribution in [3.8, 4) is 5.75 Å². The number of fused-ring (bicyclic) bond motifs is 1. The second-order valence-corrected chi connectivity index (χ2v) is 11.9. The van der Waals surface area contributed by atoms with Crippen LogP contribution in [0.5, 0.6) is 5.75 Å². The Morgan fingerprint density at radius 3 is 2.28 bits per heavy atom. The number of carboxylic acid groups (broad SMARTS) is 1. The van der Waals surface area contributed by atoms with Crippen molar-refractivity contribution < 1.29 is 23.9 Å². The predicted octanol–water partition coefficient (Wildman–Crippen LogP) is 6.43. The highest BCUT2D eigenvalue weighted by Gasteiger charge is 2.54. The fourth-order valence-electron chi connectivity index (χ4n) is 6.95. The number of amides is 1. The summed E-state index contributed by atoms with van der Waals surface area (Å²) in [4.78, 5) is 32.7. The van der Waals surface area contributed by atoms with Gasteiger partial charge in [0, 0.05) is 56.0 Å². The first-order chi connectivity index (χ1) is 18.5. The first-order valence-electron chi connectivity index (χ1n) is 13.7. The van der Waals surface area contributed by atoms with Crippen LogP contribution in [0, 0.1) is 13.8 Å². The molecule has 2 aromatic carbocycles. The minimum atomic E-state index is -1.34. The van der Waals surface area contributed by atoms with E-state index in [2.05, 4.69) is 30.8 Å². The first kappa shape index (κ1) is 26.9. The number of rotatable bonds is 5. The van der Waals surface area contributed by atoms with Crippen LogP contribution in [0.2, 0.25) is 0 Å². The standard InChI is InChI=1S/C32H37N3O4/c1-21-7-6-8-22(2)29(21)30(36)35(5,24-13-17-34(18-14-24)23-11-15-33-16-12-23)28-20-32(3,4)27-10-9-25(19-26(27)28)39-31(37)38/h6-12,15-16,19,24,28H,13-14,17-18,20H2,1-5H3/p+1. The number of aromatic nitrogens is 1. The van der Waals surface area contributed by atoms with Gasteiger partial charge in [-0.05, 0) is 60.2 Å². The van der Waals surface area contributed by atoms with E-state index in [1.54, 1.807) is 6.07 Å². The Hall–Kier alpha value is -3.71. The van der Waals surface area contributed by atoms with Crippen LogP contribution in [0.4, 0.5) is 10.5 Å². The number of hydrogen-bond acceptors (Lipinski definition) is 5. The summed E-state index contributed by atoms with van der Waals surface area (Å²) in [6.07, 6.45) is 4.83. The minimum Gasteiger partial charge on any atom is -0.449 e. The van der Waals surface area contributed by atoms with E-state index >= 15 is 0 Å². The molecule has 7 nitrogen and oxygen atoms in total. The van der Waals surface area contributed by atoms with Gasteiger partial charge in [0.2, 0.25) is 0 Å². The Kier molecular flexibility index (Phi) is 6.97. The summed E-state index contributed by atoms with van der Waals surface area (Å²) in [6.45, 7) is 10.2. The largest absolute Gasteiger partial charge is 0.511 e. The van der Waals surface area contributed by atoms with Gasteiger partial charge in [-0.15, -0.1) is 0 Å². The number of benzene rings is 2. The lowest BCUT2D eigenvalue weighted by atomic mass is 9.86. The lowest BCUT2D eigenvalue weighted by Crippen LogP contribution is -2.61. The molecule has 2 atom stereocenters. The van der Waals surface area contributed by atoms with Gasteiger partial charge in [0.05, 0.1) is 18.7 Å². The van der Waals surface area contributed by atoms with Gasteiger partial charge < -0.3 is 14.7 Å². The summed E-state index contributed by atoms with van der Waals surface area (Å²) < 4.78 is 5.33. The molecule has 2 heterocycles. The molecular formula is C32H38N3O4+. The Bertz CT molecular complexity index is 1380. The quantitative estimate of drug-likeness (QED) is 0.233. The summed E-state index contributed by atoms with van der Waals surface area (Å²) in [6, 6.07) is 15.6. The van der Waals surface area contributed by atoms with Crippen molar-refractivity contribution in [2.24, 2.45) is 0 Å². The van der Waals surface area contributed by atoms with Gasteiger partial charge in [-0.1, -0.05) is 38.1 Å². The van der Waals surface area contributed by atoms with Crippen LogP contribution in [0.25, 0.3) is 0 Å². The topological polar surface area (TPSA) is 79.7 Å². The van der Waals surface area contributed by atoms with Crippen LogP contribution in [-0.2, 0) is 5.41 Å². The molecule has 1 aliphatic carbocycles. The van der Waals surface area contributed by atoms with E-state index in [-0.39, 0.29) is 27.9 Å². The van der Waals surface area contributed by atoms with E-state index in [1.165, 1.54) is 0 Å². The fourth-order valence-corrected chi connectivity index (χ4v) is 6.95. The summed E-state index contributed by atoms with van der Waals surface area (Å²) in [5.74, 6) is 0.425. The number of anilines is 1. The summed E-state index contributed by atoms with van der Waals surface area (Å²) in [5.41, 5.74) is 5.91. The first-order valence-corrected chi connectivity index (χ1v) is 13.7. The number of carbonyl (C=O) groups excluding carboxylic acids is 1. The maximum absolute atomic E-state index is 14.9. The van der Waals surface area contributed by atoms with Crippen molar-refractivity contribution in [3.63, 3.8) is 0 Å². The second kappa shape index (κ2) is 10.1. The van der Waals surface area contributed by atoms with Crippen LogP contribution in [0.3, 0.4) is 0 Å². The van der Waals surface area contributed by atoms with E-state index < -0.39 is 6.16 Å². The highest BCUT2D eigenvalue weighted by molar-refractivity contribution is 5.92. The second-order valence-electron chi connectivity index (χ2n) is 11.9. The molecule has 7 heteroatoms. The van der Waals surface area contributed by atoms with Gasteiger partial charge in [0.15, 0.2) is 0 Å². The zero-order valence-electron chi connectivity index (χ0n) is 23.5. The number of quaternary nitrogens is 1. The highest BCUT2D eigenvalue weighted by atomic mass is 16.7. The molecule has 0 bridgehead atoms. The minimum absolute atomic E-state index is 0.102. The summed E-state index contributed by atoms with van der Waals surface area (Å²) >= 11 is 0. The van der Waals surface area contributed by atoms with Gasteiger partial charge in [-0.25, -0.2) is 14.1 Å². The number of carbonyl (C=O) groups is 2. The van der Waals surface area contributed by atoms with Crippen molar-refractivity contribution in [1.29, 1.82) is 0 Å². The molecule has 0 spiro atoms. The molecule has 0 saturated carbocycles. The van der Waals surface area contributed by atoms with Crippen LogP contribution >= 0.6 is 0 Å². The molecule has 39 heavy (non-hydrogen) atoms. The molecule has 0 radical (unpaired) electrons. The third-order valence-electron chi connectivity index (χ3n) is 9.05. The van der Waals surface area contributed by atoms with E-state index in [9.17, 15) is 14.7 Å². The zero-order valence-corrected chi connectivity index (χ0v) is 23.5. The lowest BCUT2D eigenvalue weighted by Gasteiger charge is -2.48. The SMILES string of the molecule is Cc1cccc(C)c1C(=O)[N+](C)(C1CCN(c2ccncc2)CC1)C1CC(C)(C)c2ccc(OC(=O)O)cc21. The van der Waals surface area contributed by atoms with E-state index in [4.69, 9.17) is 4.74 Å². The molecule has 1 aliphatic heterocycles. The van der Waals surface area contributed by atoms with Crippen molar-refractivity contribution >= 4 is 17.7 Å². The Morgan fingerprint density at radius 2 is 1.67 bits per heavy atom. The van der Waals surface area contributed by atoms with Gasteiger partial charge >= 0.3 is 12.1 Å². The number of aryl methyl sites for hydroxylation is 2. The van der Waals surface area contributed by atoms with Gasteiger partial charge in [0.25, 0.3) is 0 Å². The van der Waals surface area contributed by atoms with Gasteiger partial charge in [-0.2, -0.15) is 0 Å². The molecule has 1 amide bonds. The molecule has 1 saturated heterocycles. The Balaban J connectivity index is 1.59. The third-order valence-corrected chi connectivity index (χ3v) is 9.05. The summed E-state index contributed by atoms with van der Waals surface area (Å²) in [5, 5.41) is 9.28. The average Bonchev–Trinajstić information content (AvgIpc) is 3.18. The maximum Gasteiger partial charge on any atom is 0.511 e. The number of nitrogens with zero attached hydrogens (tertiary/aromatic N) is 3. The molecule has 3 aromatic rings. The number of piperidine rings is 1. The fraction of sp³-hybridized carbons (Fsp3) is 0.406. The molecule has 1 fully saturated rings. The highest BCUT2D eigenvalue weighted by Crippen LogP contribution is 2.53. The number of hydrogen-bond donors (Lipinski definition) is 1. The lowest BCUT2D eigenvalue weighted by molar-refractivity contribution is -0.887. The van der Waals surface area contributed by atoms with Crippen molar-refractivity contribution in [2.45, 2.75) is 64.5 Å². The van der Waals surface area contributed by atoms with Crippen molar-refractivity contribution in [2.75, 3.05) is 25.0 Å². The maximum atomic E-state index is 14.9.